The Labute approximate surface area is 233 Å². The van der Waals surface area contributed by atoms with Crippen molar-refractivity contribution in [2.24, 2.45) is 0 Å². The molecule has 2 heterocycles. The molecule has 0 fully saturated rings. The minimum Gasteiger partial charge on any atom is -0.309 e. The van der Waals surface area contributed by atoms with E-state index in [1.54, 1.807) is 0 Å². The summed E-state index contributed by atoms with van der Waals surface area (Å²) < 4.78 is 4.82. The zero-order chi connectivity index (χ0) is 26.8. The quantitative estimate of drug-likeness (QED) is 0.223. The molecule has 0 radical (unpaired) electrons. The number of fused-ring (bicyclic) bond motifs is 6. The SMILES string of the molecule is Cc1ccc(-n2c3ccccc3c3ccc(-c4ccc5c6ccccc6n(-c6ccccc6C)c5c4)cc32)cc1. The van der Waals surface area contributed by atoms with Crippen LogP contribution >= 0.6 is 0 Å². The number of aromatic nitrogens is 2. The van der Waals surface area contributed by atoms with Gasteiger partial charge in [-0.1, -0.05) is 96.6 Å². The fourth-order valence-corrected chi connectivity index (χ4v) is 6.35. The lowest BCUT2D eigenvalue weighted by molar-refractivity contribution is 1.15. The number of rotatable bonds is 3. The lowest BCUT2D eigenvalue weighted by Gasteiger charge is -2.12. The first-order valence-corrected chi connectivity index (χ1v) is 13.9. The Bertz CT molecular complexity index is 2230. The van der Waals surface area contributed by atoms with Gasteiger partial charge in [0, 0.05) is 32.9 Å². The molecule has 0 spiro atoms. The van der Waals surface area contributed by atoms with Crippen LogP contribution in [0.2, 0.25) is 0 Å². The second-order valence-corrected chi connectivity index (χ2v) is 10.8. The Hall–Kier alpha value is -5.08. The molecular weight excluding hydrogens is 484 g/mol. The van der Waals surface area contributed by atoms with Crippen molar-refractivity contribution in [3.05, 3.63) is 145 Å². The molecule has 0 amide bonds. The van der Waals surface area contributed by atoms with E-state index < -0.39 is 0 Å². The topological polar surface area (TPSA) is 9.86 Å². The summed E-state index contributed by atoms with van der Waals surface area (Å²) >= 11 is 0. The van der Waals surface area contributed by atoms with Crippen molar-refractivity contribution in [1.82, 2.24) is 9.13 Å². The predicted octanol–water partition coefficient (Wildman–Crippen LogP) is 10.2. The van der Waals surface area contributed by atoms with Gasteiger partial charge in [0.05, 0.1) is 22.1 Å². The van der Waals surface area contributed by atoms with Crippen molar-refractivity contribution in [3.63, 3.8) is 0 Å². The first-order chi connectivity index (χ1) is 19.7. The molecule has 2 nitrogen and oxygen atoms in total. The summed E-state index contributed by atoms with van der Waals surface area (Å²) in [6.07, 6.45) is 0. The smallest absolute Gasteiger partial charge is 0.0547 e. The maximum absolute atomic E-state index is 2.42. The highest BCUT2D eigenvalue weighted by molar-refractivity contribution is 6.12. The summed E-state index contributed by atoms with van der Waals surface area (Å²) in [6, 6.07) is 48.8. The molecule has 0 saturated carbocycles. The van der Waals surface area contributed by atoms with Crippen LogP contribution in [0.3, 0.4) is 0 Å². The van der Waals surface area contributed by atoms with Crippen LogP contribution in [-0.4, -0.2) is 9.13 Å². The van der Waals surface area contributed by atoms with Crippen LogP contribution in [0, 0.1) is 13.8 Å². The van der Waals surface area contributed by atoms with Gasteiger partial charge in [0.25, 0.3) is 0 Å². The van der Waals surface area contributed by atoms with Gasteiger partial charge in [-0.05, 0) is 73.0 Å². The van der Waals surface area contributed by atoms with Crippen molar-refractivity contribution in [2.75, 3.05) is 0 Å². The third-order valence-corrected chi connectivity index (χ3v) is 8.33. The van der Waals surface area contributed by atoms with Crippen LogP contribution in [-0.2, 0) is 0 Å². The molecule has 6 aromatic carbocycles. The van der Waals surface area contributed by atoms with E-state index in [4.69, 9.17) is 0 Å². The van der Waals surface area contributed by atoms with E-state index in [0.717, 1.165) is 0 Å². The van der Waals surface area contributed by atoms with E-state index in [2.05, 4.69) is 156 Å². The molecule has 0 N–H and O–H groups in total. The lowest BCUT2D eigenvalue weighted by atomic mass is 10.0. The van der Waals surface area contributed by atoms with E-state index in [9.17, 15) is 0 Å². The van der Waals surface area contributed by atoms with E-state index in [-0.39, 0.29) is 0 Å². The Morgan fingerprint density at radius 3 is 1.52 bits per heavy atom. The third-order valence-electron chi connectivity index (χ3n) is 8.33. The summed E-state index contributed by atoms with van der Waals surface area (Å²) in [5, 5.41) is 5.11. The molecule has 190 valence electrons. The fraction of sp³-hybridized carbons (Fsp3) is 0.0526. The molecule has 2 heteroatoms. The van der Waals surface area contributed by atoms with Crippen molar-refractivity contribution >= 4 is 43.6 Å². The van der Waals surface area contributed by atoms with Crippen LogP contribution in [0.5, 0.6) is 0 Å². The Morgan fingerprint density at radius 2 is 0.900 bits per heavy atom. The van der Waals surface area contributed by atoms with E-state index in [1.165, 1.54) is 77.2 Å². The lowest BCUT2D eigenvalue weighted by Crippen LogP contribution is -1.96. The highest BCUT2D eigenvalue weighted by Gasteiger charge is 2.16. The van der Waals surface area contributed by atoms with Gasteiger partial charge < -0.3 is 9.13 Å². The van der Waals surface area contributed by atoms with Gasteiger partial charge >= 0.3 is 0 Å². The fourth-order valence-electron chi connectivity index (χ4n) is 6.35. The number of hydrogen-bond acceptors (Lipinski definition) is 0. The number of nitrogens with zero attached hydrogens (tertiary/aromatic N) is 2. The summed E-state index contributed by atoms with van der Waals surface area (Å²) in [5.41, 5.74) is 12.3. The maximum Gasteiger partial charge on any atom is 0.0547 e. The molecule has 0 aliphatic carbocycles. The normalized spacial score (nSPS) is 11.8. The van der Waals surface area contributed by atoms with Gasteiger partial charge in [0.1, 0.15) is 0 Å². The first-order valence-electron chi connectivity index (χ1n) is 13.9. The monoisotopic (exact) mass is 512 g/mol. The minimum atomic E-state index is 1.18. The van der Waals surface area contributed by atoms with E-state index in [0.29, 0.717) is 0 Å². The van der Waals surface area contributed by atoms with Gasteiger partial charge in [-0.2, -0.15) is 0 Å². The van der Waals surface area contributed by atoms with Gasteiger partial charge in [0.15, 0.2) is 0 Å². The summed E-state index contributed by atoms with van der Waals surface area (Å²) in [7, 11) is 0. The summed E-state index contributed by atoms with van der Waals surface area (Å²) in [4.78, 5) is 0. The Kier molecular flexibility index (Phi) is 4.99. The summed E-state index contributed by atoms with van der Waals surface area (Å²) in [5.74, 6) is 0. The Balaban J connectivity index is 1.40. The molecule has 8 rings (SSSR count). The van der Waals surface area contributed by atoms with Crippen LogP contribution in [0.1, 0.15) is 11.1 Å². The van der Waals surface area contributed by atoms with Crippen molar-refractivity contribution in [3.8, 4) is 22.5 Å². The number of hydrogen-bond donors (Lipinski definition) is 0. The van der Waals surface area contributed by atoms with Crippen LogP contribution in [0.25, 0.3) is 66.1 Å². The van der Waals surface area contributed by atoms with E-state index >= 15 is 0 Å². The average molecular weight is 513 g/mol. The maximum atomic E-state index is 2.42. The van der Waals surface area contributed by atoms with Crippen molar-refractivity contribution < 1.29 is 0 Å². The highest BCUT2D eigenvalue weighted by Crippen LogP contribution is 2.38. The largest absolute Gasteiger partial charge is 0.309 e. The Morgan fingerprint density at radius 1 is 0.400 bits per heavy atom. The number of para-hydroxylation sites is 3. The van der Waals surface area contributed by atoms with Crippen LogP contribution in [0.15, 0.2) is 133 Å². The molecule has 0 unspecified atom stereocenters. The van der Waals surface area contributed by atoms with Crippen LogP contribution < -0.4 is 0 Å². The van der Waals surface area contributed by atoms with Crippen LogP contribution in [0.4, 0.5) is 0 Å². The molecular formula is C38H28N2. The van der Waals surface area contributed by atoms with E-state index in [1.807, 2.05) is 0 Å². The minimum absolute atomic E-state index is 1.18. The van der Waals surface area contributed by atoms with Gasteiger partial charge in [-0.3, -0.25) is 0 Å². The zero-order valence-corrected chi connectivity index (χ0v) is 22.6. The molecule has 2 aromatic heterocycles. The molecule has 0 aliphatic rings. The molecule has 8 aromatic rings. The number of benzene rings is 6. The van der Waals surface area contributed by atoms with Gasteiger partial charge in [-0.25, -0.2) is 0 Å². The standard InChI is InChI=1S/C38H28N2/c1-25-15-19-29(20-16-25)39-35-13-7-4-10-30(35)32-21-17-27(23-37(32)39)28-18-22-33-31-11-5-8-14-36(31)40(38(33)24-28)34-12-6-3-9-26(34)2/h3-24H,1-2H3. The average Bonchev–Trinajstić information content (AvgIpc) is 3.50. The molecule has 0 atom stereocenters. The predicted molar refractivity (Wildman–Crippen MR) is 170 cm³/mol. The second-order valence-electron chi connectivity index (χ2n) is 10.8. The second kappa shape index (κ2) is 8.72. The summed E-state index contributed by atoms with van der Waals surface area (Å²) in [6.45, 7) is 4.33. The zero-order valence-electron chi connectivity index (χ0n) is 22.6. The molecule has 0 bridgehead atoms. The molecule has 0 aliphatic heterocycles. The third kappa shape index (κ3) is 3.36. The molecule has 0 saturated heterocycles. The van der Waals surface area contributed by atoms with Crippen molar-refractivity contribution in [1.29, 1.82) is 0 Å². The first kappa shape index (κ1) is 22.9. The van der Waals surface area contributed by atoms with Crippen molar-refractivity contribution in [2.45, 2.75) is 13.8 Å². The molecule has 40 heavy (non-hydrogen) atoms. The number of aryl methyl sites for hydroxylation is 2. The van der Waals surface area contributed by atoms with Gasteiger partial charge in [0.2, 0.25) is 0 Å². The highest BCUT2D eigenvalue weighted by atomic mass is 15.0. The van der Waals surface area contributed by atoms with Gasteiger partial charge in [-0.15, -0.1) is 0 Å².